The highest BCUT2D eigenvalue weighted by Crippen LogP contribution is 2.42. The number of fused-ring (bicyclic) bond motifs is 3. The van der Waals surface area contributed by atoms with Gasteiger partial charge in [0.05, 0.1) is 11.7 Å². The van der Waals surface area contributed by atoms with Crippen molar-refractivity contribution in [3.63, 3.8) is 0 Å². The summed E-state index contributed by atoms with van der Waals surface area (Å²) in [6.45, 7) is 7.99. The van der Waals surface area contributed by atoms with Gasteiger partial charge in [0.1, 0.15) is 17.5 Å². The Balaban J connectivity index is 1.05. The Hall–Kier alpha value is -4.23. The van der Waals surface area contributed by atoms with E-state index >= 15 is 0 Å². The molecule has 0 saturated carbocycles. The Morgan fingerprint density at radius 3 is 2.59 bits per heavy atom. The van der Waals surface area contributed by atoms with Gasteiger partial charge >= 0.3 is 12.1 Å². The van der Waals surface area contributed by atoms with Crippen LogP contribution in [-0.2, 0) is 21.6 Å². The number of hydrogen-bond acceptors (Lipinski definition) is 8. The third-order valence-corrected chi connectivity index (χ3v) is 10.3. The van der Waals surface area contributed by atoms with E-state index in [1.807, 2.05) is 30.0 Å². The van der Waals surface area contributed by atoms with Gasteiger partial charge in [-0.3, -0.25) is 20.1 Å². The minimum atomic E-state index is -0.830. The van der Waals surface area contributed by atoms with Crippen LogP contribution in [0, 0.1) is 6.92 Å². The normalized spacial score (nSPS) is 21.5. The molecule has 3 saturated heterocycles. The number of carbonyl (C=O) groups excluding carboxylic acids is 3. The van der Waals surface area contributed by atoms with Gasteiger partial charge in [0.15, 0.2) is 0 Å². The van der Waals surface area contributed by atoms with E-state index in [0.717, 1.165) is 66.6 Å². The van der Waals surface area contributed by atoms with Crippen LogP contribution in [0.15, 0.2) is 36.7 Å². The molecule has 46 heavy (non-hydrogen) atoms. The summed E-state index contributed by atoms with van der Waals surface area (Å²) in [5.41, 5.74) is 2.98. The number of ether oxygens (including phenoxy) is 1. The van der Waals surface area contributed by atoms with Crippen molar-refractivity contribution in [1.82, 2.24) is 40.1 Å². The number of hydrogen-bond donors (Lipinski definition) is 3. The maximum atomic E-state index is 14.1. The molecule has 4 amide bonds. The maximum Gasteiger partial charge on any atom is 0.413 e. The number of aryl methyl sites for hydroxylation is 1. The van der Waals surface area contributed by atoms with Crippen molar-refractivity contribution in [2.75, 3.05) is 64.7 Å². The molecule has 0 radical (unpaired) electrons. The van der Waals surface area contributed by atoms with Gasteiger partial charge in [-0.1, -0.05) is 6.07 Å². The van der Waals surface area contributed by atoms with Crippen molar-refractivity contribution in [2.24, 2.45) is 0 Å². The lowest BCUT2D eigenvalue weighted by atomic mass is 9.83. The molecule has 3 fully saturated rings. The van der Waals surface area contributed by atoms with Gasteiger partial charge in [0.2, 0.25) is 5.91 Å². The minimum Gasteiger partial charge on any atom is -0.437 e. The number of piperazine rings is 1. The van der Waals surface area contributed by atoms with Crippen LogP contribution >= 0.6 is 0 Å². The number of piperidine rings is 2. The number of nitrogens with one attached hydrogen (secondary N) is 3. The summed E-state index contributed by atoms with van der Waals surface area (Å²) in [5.74, 6) is 0.449. The number of nitrogens with zero attached hydrogens (tertiary/aromatic N) is 6. The van der Waals surface area contributed by atoms with Gasteiger partial charge in [0, 0.05) is 81.7 Å². The molecule has 6 heterocycles. The highest BCUT2D eigenvalue weighted by molar-refractivity contribution is 5.89. The first-order valence-corrected chi connectivity index (χ1v) is 16.4. The highest BCUT2D eigenvalue weighted by atomic mass is 16.6. The molecule has 4 aliphatic heterocycles. The zero-order valence-electron chi connectivity index (χ0n) is 26.6. The highest BCUT2D eigenvalue weighted by Gasteiger charge is 2.46. The number of aromatic amines is 1. The molecular weight excluding hydrogens is 586 g/mol. The second kappa shape index (κ2) is 12.5. The molecule has 2 aromatic heterocycles. The number of pyridine rings is 1. The summed E-state index contributed by atoms with van der Waals surface area (Å²) in [7, 11) is 2.17. The van der Waals surface area contributed by atoms with Crippen LogP contribution in [0.1, 0.15) is 42.4 Å². The molecule has 13 nitrogen and oxygen atoms in total. The maximum absolute atomic E-state index is 14.1. The minimum absolute atomic E-state index is 0.0536. The van der Waals surface area contributed by atoms with E-state index in [9.17, 15) is 14.4 Å². The Kier molecular flexibility index (Phi) is 8.28. The summed E-state index contributed by atoms with van der Waals surface area (Å²) in [6, 6.07) is 7.40. The molecule has 13 heteroatoms. The molecule has 3 aromatic rings. The van der Waals surface area contributed by atoms with E-state index in [1.165, 1.54) is 0 Å². The van der Waals surface area contributed by atoms with Crippen molar-refractivity contribution < 1.29 is 19.1 Å². The summed E-state index contributed by atoms with van der Waals surface area (Å²) >= 11 is 0. The second-order valence-corrected chi connectivity index (χ2v) is 13.2. The number of carbonyl (C=O) groups is 3. The third kappa shape index (κ3) is 6.01. The first-order chi connectivity index (χ1) is 22.3. The van der Waals surface area contributed by atoms with Gasteiger partial charge in [-0.25, -0.2) is 14.6 Å². The van der Waals surface area contributed by atoms with Crippen LogP contribution in [0.3, 0.4) is 0 Å². The van der Waals surface area contributed by atoms with Gasteiger partial charge in [-0.15, -0.1) is 0 Å². The van der Waals surface area contributed by atoms with E-state index in [4.69, 9.17) is 4.74 Å². The molecule has 244 valence electrons. The third-order valence-electron chi connectivity index (χ3n) is 10.3. The average molecular weight is 630 g/mol. The van der Waals surface area contributed by atoms with Gasteiger partial charge in [0.25, 0.3) is 0 Å². The first kappa shape index (κ1) is 30.4. The van der Waals surface area contributed by atoms with E-state index < -0.39 is 17.7 Å². The van der Waals surface area contributed by atoms with Crippen LogP contribution in [-0.4, -0.2) is 124 Å². The molecule has 4 aliphatic rings. The fourth-order valence-corrected chi connectivity index (χ4v) is 7.66. The molecule has 1 unspecified atom stereocenters. The molecule has 0 aliphatic carbocycles. The lowest BCUT2D eigenvalue weighted by molar-refractivity contribution is -0.135. The zero-order valence-corrected chi connectivity index (χ0v) is 26.6. The zero-order chi connectivity index (χ0) is 31.8. The fourth-order valence-electron chi connectivity index (χ4n) is 7.66. The number of H-pyrrole nitrogens is 1. The predicted octanol–water partition coefficient (Wildman–Crippen LogP) is 2.68. The van der Waals surface area contributed by atoms with E-state index in [2.05, 4.69) is 48.7 Å². The van der Waals surface area contributed by atoms with Gasteiger partial charge < -0.3 is 24.8 Å². The number of benzene rings is 1. The van der Waals surface area contributed by atoms with Gasteiger partial charge in [-0.2, -0.15) is 5.10 Å². The fraction of sp³-hybridized carbons (Fsp3) is 0.545. The van der Waals surface area contributed by atoms with E-state index in [-0.39, 0.29) is 11.9 Å². The number of rotatable bonds is 5. The number of amides is 4. The van der Waals surface area contributed by atoms with Gasteiger partial charge in [-0.05, 0) is 69.2 Å². The number of urea groups is 1. The quantitative estimate of drug-likeness (QED) is 0.392. The Morgan fingerprint density at radius 1 is 1.07 bits per heavy atom. The number of anilines is 1. The lowest BCUT2D eigenvalue weighted by Crippen LogP contribution is -2.59. The van der Waals surface area contributed by atoms with E-state index in [0.29, 0.717) is 57.3 Å². The average Bonchev–Trinajstić information content (AvgIpc) is 3.54. The molecular formula is C33H43N9O4. The molecule has 7 rings (SSSR count). The standard InChI is InChI=1S/C33H43N9O4/c1-22-18-23(19-24-21-35-38-28(22)24)20-27(30(43)41-16-14-40(15-17-41)25-5-10-39(2)11-6-25)36-31(44)42-12-7-33(8-13-42)26-4-3-9-34-29(26)37-32(45)46-33/h3-4,9,18-19,21,25,27H,5-8,10-17,20H2,1-2H3,(H,35,38)(H,36,44)(H,34,37,45). The Morgan fingerprint density at radius 2 is 1.83 bits per heavy atom. The van der Waals surface area contributed by atoms with Crippen LogP contribution in [0.5, 0.6) is 0 Å². The monoisotopic (exact) mass is 629 g/mol. The first-order valence-electron chi connectivity index (χ1n) is 16.4. The summed E-state index contributed by atoms with van der Waals surface area (Å²) < 4.78 is 5.82. The molecule has 0 bridgehead atoms. The molecule has 1 spiro atoms. The van der Waals surface area contributed by atoms with Crippen LogP contribution in [0.4, 0.5) is 15.4 Å². The SMILES string of the molecule is Cc1cc(CC(NC(=O)N2CCC3(CC2)OC(=O)Nc2ncccc23)C(=O)N2CCN(C3CCN(C)CC3)CC2)cc2cn[nH]c12. The molecule has 1 atom stereocenters. The lowest BCUT2D eigenvalue weighted by Gasteiger charge is -2.44. The van der Waals surface area contributed by atoms with E-state index in [1.54, 1.807) is 17.3 Å². The topological polar surface area (TPSA) is 139 Å². The number of aromatic nitrogens is 3. The summed E-state index contributed by atoms with van der Waals surface area (Å²) in [5, 5.41) is 14.0. The largest absolute Gasteiger partial charge is 0.437 e. The van der Waals surface area contributed by atoms with Crippen LogP contribution < -0.4 is 10.6 Å². The van der Waals surface area contributed by atoms with Crippen molar-refractivity contribution >= 4 is 34.8 Å². The molecule has 1 aromatic carbocycles. The number of likely N-dealkylation sites (tertiary alicyclic amines) is 2. The van der Waals surface area contributed by atoms with Crippen LogP contribution in [0.2, 0.25) is 0 Å². The summed E-state index contributed by atoms with van der Waals surface area (Å²) in [4.78, 5) is 53.1. The Labute approximate surface area is 268 Å². The van der Waals surface area contributed by atoms with Crippen LogP contribution in [0.25, 0.3) is 10.9 Å². The smallest absolute Gasteiger partial charge is 0.413 e. The predicted molar refractivity (Wildman–Crippen MR) is 172 cm³/mol. The van der Waals surface area contributed by atoms with Crippen molar-refractivity contribution in [1.29, 1.82) is 0 Å². The molecule has 3 N–H and O–H groups in total. The van der Waals surface area contributed by atoms with Crippen molar-refractivity contribution in [3.8, 4) is 0 Å². The second-order valence-electron chi connectivity index (χ2n) is 13.2. The van der Waals surface area contributed by atoms with Crippen molar-refractivity contribution in [3.05, 3.63) is 53.3 Å². The van der Waals surface area contributed by atoms with Crippen molar-refractivity contribution in [2.45, 2.75) is 56.7 Å². The summed E-state index contributed by atoms with van der Waals surface area (Å²) in [6.07, 6.45) is 6.48. The Bertz CT molecular complexity index is 1600.